The first-order valence-electron chi connectivity index (χ1n) is 5.95. The second-order valence-electron chi connectivity index (χ2n) is 4.70. The standard InChI is InChI=1S/C13H16F3NO2/c1-17(2)10-5-3-9(4-6-10)12(13(14,15)16)19-8-11-7-18-11/h3-6,11-12H,7-8H2,1-2H3/t11-,12+/m1/s1. The lowest BCUT2D eigenvalue weighted by atomic mass is 10.1. The summed E-state index contributed by atoms with van der Waals surface area (Å²) in [4.78, 5) is 1.82. The molecule has 0 unspecified atom stereocenters. The first-order valence-corrected chi connectivity index (χ1v) is 5.95. The highest BCUT2D eigenvalue weighted by Gasteiger charge is 2.43. The van der Waals surface area contributed by atoms with Crippen LogP contribution in [-0.2, 0) is 9.47 Å². The van der Waals surface area contributed by atoms with Gasteiger partial charge in [-0.15, -0.1) is 0 Å². The van der Waals surface area contributed by atoms with E-state index in [9.17, 15) is 13.2 Å². The molecule has 0 amide bonds. The van der Waals surface area contributed by atoms with E-state index in [4.69, 9.17) is 9.47 Å². The van der Waals surface area contributed by atoms with Crippen LogP contribution in [0.15, 0.2) is 24.3 Å². The fourth-order valence-electron chi connectivity index (χ4n) is 1.69. The maximum absolute atomic E-state index is 13.0. The minimum absolute atomic E-state index is 0.0282. The number of nitrogens with zero attached hydrogens (tertiary/aromatic N) is 1. The summed E-state index contributed by atoms with van der Waals surface area (Å²) in [6, 6.07) is 6.18. The van der Waals surface area contributed by atoms with Crippen LogP contribution in [0.1, 0.15) is 11.7 Å². The zero-order chi connectivity index (χ0) is 14.0. The van der Waals surface area contributed by atoms with Gasteiger partial charge in [-0.25, -0.2) is 0 Å². The molecule has 1 saturated heterocycles. The van der Waals surface area contributed by atoms with E-state index >= 15 is 0 Å². The fraction of sp³-hybridized carbons (Fsp3) is 0.538. The molecule has 0 aliphatic carbocycles. The highest BCUT2D eigenvalue weighted by atomic mass is 19.4. The molecule has 106 valence electrons. The summed E-state index contributed by atoms with van der Waals surface area (Å²) in [5.41, 5.74) is 0.953. The summed E-state index contributed by atoms with van der Waals surface area (Å²) < 4.78 is 48.7. The van der Waals surface area contributed by atoms with Gasteiger partial charge in [0, 0.05) is 19.8 Å². The summed E-state index contributed by atoms with van der Waals surface area (Å²) >= 11 is 0. The number of hydrogen-bond donors (Lipinski definition) is 0. The van der Waals surface area contributed by atoms with E-state index in [1.54, 1.807) is 12.1 Å². The van der Waals surface area contributed by atoms with Crippen LogP contribution in [0.4, 0.5) is 18.9 Å². The number of epoxide rings is 1. The van der Waals surface area contributed by atoms with E-state index in [-0.39, 0.29) is 18.3 Å². The van der Waals surface area contributed by atoms with Crippen LogP contribution in [0.2, 0.25) is 0 Å². The number of hydrogen-bond acceptors (Lipinski definition) is 3. The molecule has 0 radical (unpaired) electrons. The van der Waals surface area contributed by atoms with E-state index in [1.165, 1.54) is 12.1 Å². The zero-order valence-electron chi connectivity index (χ0n) is 10.8. The Hall–Kier alpha value is -1.27. The van der Waals surface area contributed by atoms with Crippen molar-refractivity contribution in [2.75, 3.05) is 32.2 Å². The lowest BCUT2D eigenvalue weighted by Crippen LogP contribution is -2.25. The zero-order valence-corrected chi connectivity index (χ0v) is 10.8. The fourth-order valence-corrected chi connectivity index (χ4v) is 1.69. The molecular formula is C13H16F3NO2. The molecule has 1 heterocycles. The molecule has 0 saturated carbocycles. The third-order valence-electron chi connectivity index (χ3n) is 2.86. The molecule has 6 heteroatoms. The van der Waals surface area contributed by atoms with Crippen LogP contribution >= 0.6 is 0 Å². The van der Waals surface area contributed by atoms with Crippen LogP contribution in [0.5, 0.6) is 0 Å². The molecule has 1 fully saturated rings. The maximum atomic E-state index is 13.0. The molecule has 2 rings (SSSR count). The Kier molecular flexibility index (Phi) is 4.01. The summed E-state index contributed by atoms with van der Waals surface area (Å²) in [5, 5.41) is 0. The van der Waals surface area contributed by atoms with Gasteiger partial charge in [-0.05, 0) is 17.7 Å². The number of benzene rings is 1. The monoisotopic (exact) mass is 275 g/mol. The molecule has 19 heavy (non-hydrogen) atoms. The molecule has 1 aromatic rings. The van der Waals surface area contributed by atoms with Crippen LogP contribution in [0, 0.1) is 0 Å². The van der Waals surface area contributed by atoms with E-state index < -0.39 is 12.3 Å². The molecule has 0 bridgehead atoms. The van der Waals surface area contributed by atoms with Crippen LogP contribution in [0.3, 0.4) is 0 Å². The van der Waals surface area contributed by atoms with Gasteiger partial charge in [-0.1, -0.05) is 12.1 Å². The predicted octanol–water partition coefficient (Wildman–Crippen LogP) is 2.77. The average molecular weight is 275 g/mol. The minimum atomic E-state index is -4.42. The molecule has 0 N–H and O–H groups in total. The van der Waals surface area contributed by atoms with Gasteiger partial charge in [0.15, 0.2) is 6.10 Å². The second-order valence-corrected chi connectivity index (χ2v) is 4.70. The van der Waals surface area contributed by atoms with Gasteiger partial charge < -0.3 is 14.4 Å². The first-order chi connectivity index (χ1) is 8.88. The summed E-state index contributed by atoms with van der Waals surface area (Å²) in [6.07, 6.45) is -6.51. The molecule has 1 aromatic carbocycles. The summed E-state index contributed by atoms with van der Waals surface area (Å²) in [5.74, 6) is 0. The third-order valence-corrected chi connectivity index (χ3v) is 2.86. The molecule has 2 atom stereocenters. The topological polar surface area (TPSA) is 25.0 Å². The van der Waals surface area contributed by atoms with Crippen molar-refractivity contribution in [1.29, 1.82) is 0 Å². The lowest BCUT2D eigenvalue weighted by Gasteiger charge is -2.22. The number of ether oxygens (including phenoxy) is 2. The van der Waals surface area contributed by atoms with Crippen molar-refractivity contribution >= 4 is 5.69 Å². The molecule has 3 nitrogen and oxygen atoms in total. The van der Waals surface area contributed by atoms with Crippen LogP contribution in [0.25, 0.3) is 0 Å². The molecule has 1 aliphatic rings. The molecule has 0 spiro atoms. The largest absolute Gasteiger partial charge is 0.418 e. The number of halogens is 3. The van der Waals surface area contributed by atoms with Crippen molar-refractivity contribution in [3.8, 4) is 0 Å². The van der Waals surface area contributed by atoms with Crippen molar-refractivity contribution < 1.29 is 22.6 Å². The van der Waals surface area contributed by atoms with Crippen molar-refractivity contribution in [2.45, 2.75) is 18.4 Å². The first kappa shape index (κ1) is 14.1. The van der Waals surface area contributed by atoms with Gasteiger partial charge in [-0.3, -0.25) is 0 Å². The Bertz CT molecular complexity index is 413. The summed E-state index contributed by atoms with van der Waals surface area (Å²) in [7, 11) is 3.66. The average Bonchev–Trinajstić information content (AvgIpc) is 3.12. The van der Waals surface area contributed by atoms with Gasteiger partial charge in [-0.2, -0.15) is 13.2 Å². The van der Waals surface area contributed by atoms with Crippen molar-refractivity contribution in [3.05, 3.63) is 29.8 Å². The smallest absolute Gasteiger partial charge is 0.378 e. The van der Waals surface area contributed by atoms with E-state index in [2.05, 4.69) is 0 Å². The predicted molar refractivity (Wildman–Crippen MR) is 65.3 cm³/mol. The Morgan fingerprint density at radius 1 is 1.32 bits per heavy atom. The third kappa shape index (κ3) is 3.84. The maximum Gasteiger partial charge on any atom is 0.418 e. The Labute approximate surface area is 109 Å². The quantitative estimate of drug-likeness (QED) is 0.772. The van der Waals surface area contributed by atoms with Gasteiger partial charge in [0.25, 0.3) is 0 Å². The molecular weight excluding hydrogens is 259 g/mol. The Morgan fingerprint density at radius 3 is 2.32 bits per heavy atom. The Balaban J connectivity index is 2.11. The minimum Gasteiger partial charge on any atom is -0.378 e. The highest BCUT2D eigenvalue weighted by Crippen LogP contribution is 2.37. The van der Waals surface area contributed by atoms with Crippen molar-refractivity contribution in [2.24, 2.45) is 0 Å². The van der Waals surface area contributed by atoms with E-state index in [0.29, 0.717) is 6.61 Å². The van der Waals surface area contributed by atoms with E-state index in [0.717, 1.165) is 5.69 Å². The molecule has 0 aromatic heterocycles. The van der Waals surface area contributed by atoms with E-state index in [1.807, 2.05) is 19.0 Å². The van der Waals surface area contributed by atoms with Gasteiger partial charge in [0.1, 0.15) is 6.10 Å². The van der Waals surface area contributed by atoms with Gasteiger partial charge in [0.05, 0.1) is 13.2 Å². The lowest BCUT2D eigenvalue weighted by molar-refractivity contribution is -0.224. The van der Waals surface area contributed by atoms with Crippen LogP contribution in [-0.4, -0.2) is 39.6 Å². The Morgan fingerprint density at radius 2 is 1.89 bits per heavy atom. The second kappa shape index (κ2) is 5.38. The van der Waals surface area contributed by atoms with Gasteiger partial charge in [0.2, 0.25) is 0 Å². The van der Waals surface area contributed by atoms with Gasteiger partial charge >= 0.3 is 6.18 Å². The number of anilines is 1. The normalized spacial score (nSPS) is 20.2. The highest BCUT2D eigenvalue weighted by molar-refractivity contribution is 5.46. The SMILES string of the molecule is CN(C)c1ccc([C@H](OC[C@H]2CO2)C(F)(F)F)cc1. The van der Waals surface area contributed by atoms with Crippen LogP contribution < -0.4 is 4.90 Å². The summed E-state index contributed by atoms with van der Waals surface area (Å²) in [6.45, 7) is 0.448. The van der Waals surface area contributed by atoms with Crippen molar-refractivity contribution in [1.82, 2.24) is 0 Å². The van der Waals surface area contributed by atoms with Crippen molar-refractivity contribution in [3.63, 3.8) is 0 Å². The molecule has 1 aliphatic heterocycles. The number of alkyl halides is 3. The number of rotatable bonds is 5.